The van der Waals surface area contributed by atoms with Crippen LogP contribution in [-0.2, 0) is 0 Å². The first-order valence-corrected chi connectivity index (χ1v) is 11.0. The summed E-state index contributed by atoms with van der Waals surface area (Å²) in [4.78, 5) is 15.3. The predicted octanol–water partition coefficient (Wildman–Crippen LogP) is 7.22. The van der Waals surface area contributed by atoms with Crippen LogP contribution in [0.4, 0.5) is 0 Å². The smallest absolute Gasteiger partial charge is 0.254 e. The maximum Gasteiger partial charge on any atom is 0.254 e. The zero-order chi connectivity index (χ0) is 19.3. The van der Waals surface area contributed by atoms with Gasteiger partial charge in [0.25, 0.3) is 5.91 Å². The van der Waals surface area contributed by atoms with Gasteiger partial charge in [-0.2, -0.15) is 0 Å². The zero-order valence-electron chi connectivity index (χ0n) is 17.4. The molecule has 2 aromatic carbocycles. The van der Waals surface area contributed by atoms with Gasteiger partial charge in [-0.1, -0.05) is 102 Å². The maximum absolute atomic E-state index is 13.2. The molecule has 2 rings (SSSR count). The number of carbonyl (C=O) groups excluding carboxylic acids is 1. The Kier molecular flexibility index (Phi) is 9.97. The van der Waals surface area contributed by atoms with Crippen LogP contribution in [0.25, 0.3) is 10.8 Å². The average molecular weight is 368 g/mol. The largest absolute Gasteiger partial charge is 0.339 e. The van der Waals surface area contributed by atoms with Crippen molar-refractivity contribution in [2.75, 3.05) is 13.1 Å². The normalized spacial score (nSPS) is 11.0. The molecule has 0 fully saturated rings. The van der Waals surface area contributed by atoms with Crippen LogP contribution in [0.15, 0.2) is 42.5 Å². The van der Waals surface area contributed by atoms with E-state index in [2.05, 4.69) is 36.9 Å². The third-order valence-electron chi connectivity index (χ3n) is 5.37. The zero-order valence-corrected chi connectivity index (χ0v) is 17.4. The van der Waals surface area contributed by atoms with Gasteiger partial charge in [0, 0.05) is 18.7 Å². The van der Waals surface area contributed by atoms with Crippen LogP contribution >= 0.6 is 0 Å². The Bertz CT molecular complexity index is 674. The molecule has 1 amide bonds. The van der Waals surface area contributed by atoms with Crippen LogP contribution < -0.4 is 0 Å². The van der Waals surface area contributed by atoms with Crippen LogP contribution in [0.1, 0.15) is 88.4 Å². The van der Waals surface area contributed by atoms with Gasteiger partial charge in [0.05, 0.1) is 0 Å². The molecule has 0 aromatic heterocycles. The van der Waals surface area contributed by atoms with E-state index in [1.165, 1.54) is 44.9 Å². The number of fused-ring (bicyclic) bond motifs is 1. The van der Waals surface area contributed by atoms with E-state index in [1.54, 1.807) is 0 Å². The molecule has 2 aromatic rings. The quantitative estimate of drug-likeness (QED) is 0.342. The Morgan fingerprint density at radius 2 is 1.30 bits per heavy atom. The fourth-order valence-corrected chi connectivity index (χ4v) is 3.68. The second-order valence-electron chi connectivity index (χ2n) is 7.65. The molecule has 0 aliphatic rings. The minimum atomic E-state index is 0.197. The molecule has 0 N–H and O–H groups in total. The van der Waals surface area contributed by atoms with E-state index in [0.717, 1.165) is 48.7 Å². The highest BCUT2D eigenvalue weighted by molar-refractivity contribution is 6.07. The van der Waals surface area contributed by atoms with Gasteiger partial charge in [0.2, 0.25) is 0 Å². The molecule has 0 saturated carbocycles. The summed E-state index contributed by atoms with van der Waals surface area (Å²) in [6.45, 7) is 6.21. The van der Waals surface area contributed by atoms with Crippen molar-refractivity contribution in [1.29, 1.82) is 0 Å². The third-order valence-corrected chi connectivity index (χ3v) is 5.37. The van der Waals surface area contributed by atoms with Crippen molar-refractivity contribution >= 4 is 16.7 Å². The molecule has 0 unspecified atom stereocenters. The summed E-state index contributed by atoms with van der Waals surface area (Å²) in [5, 5.41) is 2.22. The minimum Gasteiger partial charge on any atom is -0.339 e. The molecule has 27 heavy (non-hydrogen) atoms. The van der Waals surface area contributed by atoms with E-state index in [1.807, 2.05) is 24.3 Å². The molecule has 2 nitrogen and oxygen atoms in total. The number of nitrogens with zero attached hydrogens (tertiary/aromatic N) is 1. The number of unbranched alkanes of at least 4 members (excludes halogenated alkanes) is 8. The third kappa shape index (κ3) is 7.01. The lowest BCUT2D eigenvalue weighted by Crippen LogP contribution is -2.33. The highest BCUT2D eigenvalue weighted by Gasteiger charge is 2.17. The van der Waals surface area contributed by atoms with Crippen molar-refractivity contribution in [2.45, 2.75) is 78.1 Å². The van der Waals surface area contributed by atoms with Crippen molar-refractivity contribution in [2.24, 2.45) is 0 Å². The number of amides is 1. The molecule has 0 aliphatic heterocycles. The molecule has 0 saturated heterocycles. The number of hydrogen-bond donors (Lipinski definition) is 0. The van der Waals surface area contributed by atoms with E-state index in [9.17, 15) is 4.79 Å². The molecule has 0 aliphatic carbocycles. The van der Waals surface area contributed by atoms with Crippen LogP contribution in [0.3, 0.4) is 0 Å². The fourth-order valence-electron chi connectivity index (χ4n) is 3.68. The van der Waals surface area contributed by atoms with Gasteiger partial charge in [0.15, 0.2) is 0 Å². The van der Waals surface area contributed by atoms with Gasteiger partial charge in [0.1, 0.15) is 0 Å². The SMILES string of the molecule is CCCCCCCCCCN(CCCC)C(=O)c1cccc2ccccc12. The summed E-state index contributed by atoms with van der Waals surface area (Å²) < 4.78 is 0. The standard InChI is InChI=1S/C25H37NO/c1-3-5-7-8-9-10-11-14-21-26(20-6-4-2)25(27)24-19-15-17-22-16-12-13-18-23(22)24/h12-13,15-19H,3-11,14,20-21H2,1-2H3. The molecular formula is C25H37NO. The highest BCUT2D eigenvalue weighted by Crippen LogP contribution is 2.21. The summed E-state index contributed by atoms with van der Waals surface area (Å²) in [7, 11) is 0. The van der Waals surface area contributed by atoms with Crippen molar-refractivity contribution in [3.8, 4) is 0 Å². The molecule has 0 atom stereocenters. The lowest BCUT2D eigenvalue weighted by atomic mass is 10.0. The molecule has 0 bridgehead atoms. The monoisotopic (exact) mass is 367 g/mol. The molecular weight excluding hydrogens is 330 g/mol. The van der Waals surface area contributed by atoms with Gasteiger partial charge in [-0.05, 0) is 29.7 Å². The first-order valence-electron chi connectivity index (χ1n) is 11.0. The number of carbonyl (C=O) groups is 1. The van der Waals surface area contributed by atoms with Crippen molar-refractivity contribution in [1.82, 2.24) is 4.90 Å². The molecule has 0 heterocycles. The van der Waals surface area contributed by atoms with Crippen LogP contribution in [-0.4, -0.2) is 23.9 Å². The van der Waals surface area contributed by atoms with E-state index < -0.39 is 0 Å². The Balaban J connectivity index is 1.91. The lowest BCUT2D eigenvalue weighted by molar-refractivity contribution is 0.0752. The Hall–Kier alpha value is -1.83. The number of benzene rings is 2. The first-order chi connectivity index (χ1) is 13.3. The molecule has 0 spiro atoms. The fraction of sp³-hybridized carbons (Fsp3) is 0.560. The van der Waals surface area contributed by atoms with Gasteiger partial charge in [-0.25, -0.2) is 0 Å². The Morgan fingerprint density at radius 3 is 2.04 bits per heavy atom. The van der Waals surface area contributed by atoms with E-state index in [0.29, 0.717) is 0 Å². The summed E-state index contributed by atoms with van der Waals surface area (Å²) >= 11 is 0. The van der Waals surface area contributed by atoms with Crippen LogP contribution in [0.5, 0.6) is 0 Å². The van der Waals surface area contributed by atoms with E-state index >= 15 is 0 Å². The van der Waals surface area contributed by atoms with Crippen LogP contribution in [0.2, 0.25) is 0 Å². The van der Waals surface area contributed by atoms with E-state index in [-0.39, 0.29) is 5.91 Å². The molecule has 0 radical (unpaired) electrons. The molecule has 2 heteroatoms. The maximum atomic E-state index is 13.2. The summed E-state index contributed by atoms with van der Waals surface area (Å²) in [5.74, 6) is 0.197. The van der Waals surface area contributed by atoms with Crippen molar-refractivity contribution in [3.05, 3.63) is 48.0 Å². The number of hydrogen-bond acceptors (Lipinski definition) is 1. The van der Waals surface area contributed by atoms with Crippen molar-refractivity contribution < 1.29 is 4.79 Å². The summed E-state index contributed by atoms with van der Waals surface area (Å²) in [6.07, 6.45) is 12.6. The highest BCUT2D eigenvalue weighted by atomic mass is 16.2. The van der Waals surface area contributed by atoms with E-state index in [4.69, 9.17) is 0 Å². The molecule has 148 valence electrons. The summed E-state index contributed by atoms with van der Waals surface area (Å²) in [6, 6.07) is 14.3. The lowest BCUT2D eigenvalue weighted by Gasteiger charge is -2.23. The first kappa shape index (κ1) is 21.5. The van der Waals surface area contributed by atoms with Gasteiger partial charge < -0.3 is 4.90 Å². The van der Waals surface area contributed by atoms with Crippen LogP contribution in [0, 0.1) is 0 Å². The second-order valence-corrected chi connectivity index (χ2v) is 7.65. The number of rotatable bonds is 13. The van der Waals surface area contributed by atoms with Crippen molar-refractivity contribution in [3.63, 3.8) is 0 Å². The predicted molar refractivity (Wildman–Crippen MR) is 117 cm³/mol. The Labute approximate surface area is 166 Å². The second kappa shape index (κ2) is 12.5. The minimum absolute atomic E-state index is 0.197. The van der Waals surface area contributed by atoms with Gasteiger partial charge in [-0.3, -0.25) is 4.79 Å². The topological polar surface area (TPSA) is 20.3 Å². The van der Waals surface area contributed by atoms with Gasteiger partial charge in [-0.15, -0.1) is 0 Å². The average Bonchev–Trinajstić information content (AvgIpc) is 2.71. The Morgan fingerprint density at radius 1 is 0.704 bits per heavy atom. The summed E-state index contributed by atoms with van der Waals surface area (Å²) in [5.41, 5.74) is 0.851. The van der Waals surface area contributed by atoms with Gasteiger partial charge >= 0.3 is 0 Å².